The molecule has 2 saturated heterocycles. The second-order valence-corrected chi connectivity index (χ2v) is 6.27. The molecule has 0 radical (unpaired) electrons. The van der Waals surface area contributed by atoms with Gasteiger partial charge in [0.2, 0.25) is 0 Å². The second kappa shape index (κ2) is 4.61. The maximum Gasteiger partial charge on any atom is 0.0876 e. The van der Waals surface area contributed by atoms with Crippen LogP contribution in [0.1, 0.15) is 39.5 Å². The van der Waals surface area contributed by atoms with E-state index in [1.165, 1.54) is 31.3 Å². The Morgan fingerprint density at radius 3 is 2.86 bits per heavy atom. The topological polar surface area (TPSA) is 9.23 Å². The van der Waals surface area contributed by atoms with Crippen LogP contribution in [0.25, 0.3) is 0 Å². The molecule has 0 N–H and O–H groups in total. The summed E-state index contributed by atoms with van der Waals surface area (Å²) >= 11 is 2.23. The zero-order valence-electron chi connectivity index (χ0n) is 9.16. The van der Waals surface area contributed by atoms with Gasteiger partial charge in [-0.2, -0.15) is 11.8 Å². The van der Waals surface area contributed by atoms with E-state index >= 15 is 0 Å². The van der Waals surface area contributed by atoms with Crippen LogP contribution >= 0.6 is 11.8 Å². The molecule has 2 heteroatoms. The quantitative estimate of drug-likeness (QED) is 0.520. The van der Waals surface area contributed by atoms with Gasteiger partial charge >= 0.3 is 0 Å². The highest BCUT2D eigenvalue weighted by Gasteiger charge is 2.39. The first-order chi connectivity index (χ1) is 6.75. The molecular weight excluding hydrogens is 192 g/mol. The number of hydrogen-bond donors (Lipinski definition) is 0. The highest BCUT2D eigenvalue weighted by Crippen LogP contribution is 2.50. The third-order valence-corrected chi connectivity index (χ3v) is 4.94. The highest BCUT2D eigenvalue weighted by molar-refractivity contribution is 8.01. The largest absolute Gasteiger partial charge is 0.501 e. The molecule has 2 aliphatic rings. The van der Waals surface area contributed by atoms with E-state index < -0.39 is 0 Å². The standard InChI is InChI=1S/C12H20OS/c1-9(2)8-13-6-5-10-7-11-3-4-12(10)14-11/h8,10-12H,3-7H2,1-2H3. The predicted molar refractivity (Wildman–Crippen MR) is 62.5 cm³/mol. The van der Waals surface area contributed by atoms with Crippen LogP contribution in [0.4, 0.5) is 0 Å². The fourth-order valence-electron chi connectivity index (χ4n) is 2.49. The Bertz CT molecular complexity index is 220. The van der Waals surface area contributed by atoms with Crippen LogP contribution in [0.5, 0.6) is 0 Å². The van der Waals surface area contributed by atoms with E-state index in [4.69, 9.17) is 4.74 Å². The summed E-state index contributed by atoms with van der Waals surface area (Å²) in [6.07, 6.45) is 7.54. The average molecular weight is 212 g/mol. The van der Waals surface area contributed by atoms with E-state index in [9.17, 15) is 0 Å². The van der Waals surface area contributed by atoms with Crippen LogP contribution in [0, 0.1) is 5.92 Å². The molecule has 2 bridgehead atoms. The molecule has 2 fully saturated rings. The molecule has 0 aromatic rings. The summed E-state index contributed by atoms with van der Waals surface area (Å²) in [7, 11) is 0. The molecule has 0 aromatic heterocycles. The minimum absolute atomic E-state index is 0.916. The third-order valence-electron chi connectivity index (χ3n) is 3.16. The van der Waals surface area contributed by atoms with Crippen LogP contribution in [0.15, 0.2) is 11.8 Å². The van der Waals surface area contributed by atoms with Gasteiger partial charge in [-0.25, -0.2) is 0 Å². The molecule has 0 aromatic carbocycles. The van der Waals surface area contributed by atoms with Gasteiger partial charge in [0.15, 0.2) is 0 Å². The van der Waals surface area contributed by atoms with Gasteiger partial charge in [-0.3, -0.25) is 0 Å². The molecule has 2 aliphatic heterocycles. The van der Waals surface area contributed by atoms with Crippen molar-refractivity contribution in [3.63, 3.8) is 0 Å². The summed E-state index contributed by atoms with van der Waals surface area (Å²) in [6.45, 7) is 5.07. The minimum atomic E-state index is 0.916. The SMILES string of the molecule is CC(C)=COCCC1CC2CCC1S2. The van der Waals surface area contributed by atoms with E-state index in [1.54, 1.807) is 0 Å². The third kappa shape index (κ3) is 2.47. The Hall–Kier alpha value is -0.110. The smallest absolute Gasteiger partial charge is 0.0876 e. The van der Waals surface area contributed by atoms with Crippen molar-refractivity contribution in [2.75, 3.05) is 6.61 Å². The number of hydrogen-bond acceptors (Lipinski definition) is 2. The summed E-state index contributed by atoms with van der Waals surface area (Å²) in [5.74, 6) is 0.948. The first kappa shape index (κ1) is 10.4. The summed E-state index contributed by atoms with van der Waals surface area (Å²) < 4.78 is 5.49. The van der Waals surface area contributed by atoms with Crippen LogP contribution in [0.3, 0.4) is 0 Å². The predicted octanol–water partition coefficient (Wildman–Crippen LogP) is 3.60. The maximum absolute atomic E-state index is 5.49. The fraction of sp³-hybridized carbons (Fsp3) is 0.833. The molecule has 0 saturated carbocycles. The Kier molecular flexibility index (Phi) is 3.42. The van der Waals surface area contributed by atoms with Gasteiger partial charge in [-0.05, 0) is 51.0 Å². The van der Waals surface area contributed by atoms with E-state index in [0.29, 0.717) is 0 Å². The van der Waals surface area contributed by atoms with Crippen molar-refractivity contribution in [1.82, 2.24) is 0 Å². The normalized spacial score (nSPS) is 34.6. The van der Waals surface area contributed by atoms with Crippen molar-refractivity contribution in [2.24, 2.45) is 5.92 Å². The van der Waals surface area contributed by atoms with Crippen LogP contribution in [0.2, 0.25) is 0 Å². The summed E-state index contributed by atoms with van der Waals surface area (Å²) in [4.78, 5) is 0. The lowest BCUT2D eigenvalue weighted by Crippen LogP contribution is -2.16. The summed E-state index contributed by atoms with van der Waals surface area (Å²) in [5, 5.41) is 1.96. The van der Waals surface area contributed by atoms with Gasteiger partial charge in [0.25, 0.3) is 0 Å². The molecule has 1 nitrogen and oxygen atoms in total. The number of allylic oxidation sites excluding steroid dienone is 1. The number of thioether (sulfide) groups is 1. The molecule has 0 aliphatic carbocycles. The van der Waals surface area contributed by atoms with Crippen LogP contribution in [-0.4, -0.2) is 17.1 Å². The number of ether oxygens (including phenoxy) is 1. The molecule has 3 atom stereocenters. The van der Waals surface area contributed by atoms with Gasteiger partial charge in [0.1, 0.15) is 0 Å². The van der Waals surface area contributed by atoms with Crippen molar-refractivity contribution < 1.29 is 4.74 Å². The van der Waals surface area contributed by atoms with Gasteiger partial charge in [0.05, 0.1) is 12.9 Å². The molecule has 2 rings (SSSR count). The molecule has 0 spiro atoms. The fourth-order valence-corrected chi connectivity index (χ4v) is 4.36. The number of rotatable bonds is 4. The minimum Gasteiger partial charge on any atom is -0.501 e. The molecule has 14 heavy (non-hydrogen) atoms. The Morgan fingerprint density at radius 2 is 2.29 bits per heavy atom. The zero-order chi connectivity index (χ0) is 9.97. The molecular formula is C12H20OS. The number of fused-ring (bicyclic) bond motifs is 2. The molecule has 0 amide bonds. The Morgan fingerprint density at radius 1 is 1.43 bits per heavy atom. The first-order valence-corrected chi connectivity index (χ1v) is 6.60. The van der Waals surface area contributed by atoms with Crippen LogP contribution in [-0.2, 0) is 4.74 Å². The monoisotopic (exact) mass is 212 g/mol. The van der Waals surface area contributed by atoms with Crippen molar-refractivity contribution in [3.8, 4) is 0 Å². The van der Waals surface area contributed by atoms with Crippen LogP contribution < -0.4 is 0 Å². The maximum atomic E-state index is 5.49. The highest BCUT2D eigenvalue weighted by atomic mass is 32.2. The first-order valence-electron chi connectivity index (χ1n) is 5.66. The van der Waals surface area contributed by atoms with E-state index in [2.05, 4.69) is 25.6 Å². The second-order valence-electron chi connectivity index (χ2n) is 4.72. The van der Waals surface area contributed by atoms with Gasteiger partial charge in [-0.1, -0.05) is 0 Å². The molecule has 2 heterocycles. The van der Waals surface area contributed by atoms with E-state index in [-0.39, 0.29) is 0 Å². The Balaban J connectivity index is 1.65. The van der Waals surface area contributed by atoms with Crippen molar-refractivity contribution in [3.05, 3.63) is 11.8 Å². The lowest BCUT2D eigenvalue weighted by Gasteiger charge is -2.19. The molecule has 3 unspecified atom stereocenters. The van der Waals surface area contributed by atoms with Crippen molar-refractivity contribution >= 4 is 11.8 Å². The zero-order valence-corrected chi connectivity index (χ0v) is 9.98. The van der Waals surface area contributed by atoms with E-state index in [0.717, 1.165) is 23.0 Å². The lowest BCUT2D eigenvalue weighted by molar-refractivity contribution is 0.210. The van der Waals surface area contributed by atoms with E-state index in [1.807, 2.05) is 6.26 Å². The molecule has 80 valence electrons. The Labute approximate surface area is 91.3 Å². The summed E-state index contributed by atoms with van der Waals surface area (Å²) in [6, 6.07) is 0. The van der Waals surface area contributed by atoms with Crippen molar-refractivity contribution in [2.45, 2.75) is 50.0 Å². The average Bonchev–Trinajstić information content (AvgIpc) is 2.73. The van der Waals surface area contributed by atoms with Gasteiger partial charge in [-0.15, -0.1) is 0 Å². The summed E-state index contributed by atoms with van der Waals surface area (Å²) in [5.41, 5.74) is 1.26. The van der Waals surface area contributed by atoms with Gasteiger partial charge in [0, 0.05) is 10.5 Å². The van der Waals surface area contributed by atoms with Crippen molar-refractivity contribution in [1.29, 1.82) is 0 Å². The lowest BCUT2D eigenvalue weighted by atomic mass is 9.87. The van der Waals surface area contributed by atoms with Gasteiger partial charge < -0.3 is 4.74 Å².